The van der Waals surface area contributed by atoms with Gasteiger partial charge in [-0.3, -0.25) is 0 Å². The van der Waals surface area contributed by atoms with Crippen LogP contribution in [0.1, 0.15) is 0 Å². The number of anilines is 6. The van der Waals surface area contributed by atoms with Crippen molar-refractivity contribution in [2.45, 2.75) is 0 Å². The van der Waals surface area contributed by atoms with E-state index in [-0.39, 0.29) is 0 Å². The highest BCUT2D eigenvalue weighted by Crippen LogP contribution is 2.44. The van der Waals surface area contributed by atoms with Crippen LogP contribution >= 0.6 is 0 Å². The summed E-state index contributed by atoms with van der Waals surface area (Å²) in [7, 11) is 0. The molecule has 0 spiro atoms. The number of nitrogens with zero attached hydrogens (tertiary/aromatic N) is 2. The number of benzene rings is 9. The zero-order valence-corrected chi connectivity index (χ0v) is 31.5. The molecule has 58 heavy (non-hydrogen) atoms. The molecular weight excluding hydrogens is 709 g/mol. The lowest BCUT2D eigenvalue weighted by Gasteiger charge is -2.26. The Morgan fingerprint density at radius 2 is 0.655 bits per heavy atom. The van der Waals surface area contributed by atoms with Crippen LogP contribution in [0.5, 0.6) is 0 Å². The maximum absolute atomic E-state index is 6.54. The molecule has 0 N–H and O–H groups in total. The standard InChI is InChI=1S/C54H36N2O2/c1-3-18-41(19-4-1)55(49-27-13-25-47-45-23-7-9-29-51(45)57-53(47)49)43-33-31-37(32-34-43)38-15-11-16-39(35-38)40-17-12-22-44(36-40)56(42-20-5-2-6-21-42)50-28-14-26-48-46-24-8-10-30-52(46)58-54(48)50/h1-36H. The van der Waals surface area contributed by atoms with Gasteiger partial charge in [-0.2, -0.15) is 0 Å². The highest BCUT2D eigenvalue weighted by molar-refractivity contribution is 6.11. The Morgan fingerprint density at radius 1 is 0.259 bits per heavy atom. The summed E-state index contributed by atoms with van der Waals surface area (Å²) >= 11 is 0. The van der Waals surface area contributed by atoms with Gasteiger partial charge in [0.05, 0.1) is 11.4 Å². The number of para-hydroxylation sites is 6. The lowest BCUT2D eigenvalue weighted by Crippen LogP contribution is -2.10. The lowest BCUT2D eigenvalue weighted by molar-refractivity contribution is 0.668. The van der Waals surface area contributed by atoms with Gasteiger partial charge in [-0.05, 0) is 101 Å². The van der Waals surface area contributed by atoms with Crippen molar-refractivity contribution in [1.29, 1.82) is 0 Å². The molecule has 0 saturated carbocycles. The second-order valence-corrected chi connectivity index (χ2v) is 14.5. The van der Waals surface area contributed by atoms with Gasteiger partial charge < -0.3 is 18.6 Å². The van der Waals surface area contributed by atoms with Crippen molar-refractivity contribution in [2.24, 2.45) is 0 Å². The molecule has 274 valence electrons. The lowest BCUT2D eigenvalue weighted by atomic mass is 9.98. The monoisotopic (exact) mass is 744 g/mol. The molecule has 0 aliphatic rings. The van der Waals surface area contributed by atoms with Gasteiger partial charge >= 0.3 is 0 Å². The average molecular weight is 745 g/mol. The van der Waals surface area contributed by atoms with Crippen molar-refractivity contribution < 1.29 is 8.83 Å². The van der Waals surface area contributed by atoms with Gasteiger partial charge in [0.2, 0.25) is 0 Å². The van der Waals surface area contributed by atoms with Crippen LogP contribution in [0, 0.1) is 0 Å². The molecule has 9 aromatic carbocycles. The Morgan fingerprint density at radius 3 is 1.22 bits per heavy atom. The largest absolute Gasteiger partial charge is 0.454 e. The van der Waals surface area contributed by atoms with Crippen LogP contribution in [-0.2, 0) is 0 Å². The van der Waals surface area contributed by atoms with Crippen LogP contribution in [0.4, 0.5) is 34.1 Å². The number of hydrogen-bond acceptors (Lipinski definition) is 4. The summed E-state index contributed by atoms with van der Waals surface area (Å²) in [4.78, 5) is 4.57. The Bertz CT molecular complexity index is 3240. The topological polar surface area (TPSA) is 32.8 Å². The molecule has 0 radical (unpaired) electrons. The van der Waals surface area contributed by atoms with Crippen LogP contribution in [0.2, 0.25) is 0 Å². The van der Waals surface area contributed by atoms with E-state index in [0.717, 1.165) is 100 Å². The van der Waals surface area contributed by atoms with E-state index in [9.17, 15) is 0 Å². The molecule has 0 saturated heterocycles. The first-order chi connectivity index (χ1) is 28.8. The first-order valence-electron chi connectivity index (χ1n) is 19.6. The van der Waals surface area contributed by atoms with E-state index in [4.69, 9.17) is 8.83 Å². The first kappa shape index (κ1) is 33.5. The molecule has 0 atom stereocenters. The normalized spacial score (nSPS) is 11.4. The van der Waals surface area contributed by atoms with Gasteiger partial charge in [0.1, 0.15) is 11.2 Å². The molecule has 0 bridgehead atoms. The SMILES string of the molecule is c1ccc(N(c2ccc(-c3cccc(-c4cccc(N(c5ccccc5)c5cccc6c5oc5ccccc56)c4)c3)cc2)c2cccc3c2oc2ccccc23)cc1. The fourth-order valence-electron chi connectivity index (χ4n) is 8.33. The summed E-state index contributed by atoms with van der Waals surface area (Å²) in [6.07, 6.45) is 0. The molecule has 2 aromatic heterocycles. The van der Waals surface area contributed by atoms with Crippen LogP contribution in [-0.4, -0.2) is 0 Å². The molecule has 11 rings (SSSR count). The minimum atomic E-state index is 0.864. The third-order valence-electron chi connectivity index (χ3n) is 11.0. The van der Waals surface area contributed by atoms with Gasteiger partial charge in [0.15, 0.2) is 11.2 Å². The average Bonchev–Trinajstić information content (AvgIpc) is 3.88. The molecule has 0 aliphatic heterocycles. The minimum absolute atomic E-state index is 0.864. The smallest absolute Gasteiger partial charge is 0.159 e. The quantitative estimate of drug-likeness (QED) is 0.155. The third kappa shape index (κ3) is 5.78. The van der Waals surface area contributed by atoms with E-state index in [2.05, 4.69) is 204 Å². The number of furan rings is 2. The molecule has 4 heteroatoms. The van der Waals surface area contributed by atoms with Crippen molar-refractivity contribution in [2.75, 3.05) is 9.80 Å². The zero-order valence-electron chi connectivity index (χ0n) is 31.5. The Labute approximate surface area is 336 Å². The van der Waals surface area contributed by atoms with Crippen molar-refractivity contribution in [1.82, 2.24) is 0 Å². The number of rotatable bonds is 8. The van der Waals surface area contributed by atoms with Crippen molar-refractivity contribution in [3.05, 3.63) is 218 Å². The molecule has 4 nitrogen and oxygen atoms in total. The van der Waals surface area contributed by atoms with Crippen LogP contribution < -0.4 is 9.80 Å². The summed E-state index contributed by atoms with van der Waals surface area (Å²) < 4.78 is 13.1. The first-order valence-corrected chi connectivity index (χ1v) is 19.6. The van der Waals surface area contributed by atoms with E-state index >= 15 is 0 Å². The van der Waals surface area contributed by atoms with Gasteiger partial charge in [-0.15, -0.1) is 0 Å². The molecule has 2 heterocycles. The minimum Gasteiger partial charge on any atom is -0.454 e. The summed E-state index contributed by atoms with van der Waals surface area (Å²) in [5.74, 6) is 0. The van der Waals surface area contributed by atoms with E-state index < -0.39 is 0 Å². The molecular formula is C54H36N2O2. The van der Waals surface area contributed by atoms with E-state index in [0.29, 0.717) is 0 Å². The van der Waals surface area contributed by atoms with Crippen LogP contribution in [0.3, 0.4) is 0 Å². The molecule has 11 aromatic rings. The fourth-order valence-corrected chi connectivity index (χ4v) is 8.33. The Kier molecular flexibility index (Phi) is 8.11. The van der Waals surface area contributed by atoms with Crippen molar-refractivity contribution in [3.8, 4) is 22.3 Å². The summed E-state index contributed by atoms with van der Waals surface area (Å²) in [6, 6.07) is 76.7. The molecule has 0 fully saturated rings. The Balaban J connectivity index is 0.964. The van der Waals surface area contributed by atoms with E-state index in [1.165, 1.54) is 0 Å². The van der Waals surface area contributed by atoms with Gasteiger partial charge in [0.25, 0.3) is 0 Å². The highest BCUT2D eigenvalue weighted by atomic mass is 16.3. The summed E-state index contributed by atoms with van der Waals surface area (Å²) in [5, 5.41) is 4.43. The second-order valence-electron chi connectivity index (χ2n) is 14.5. The summed E-state index contributed by atoms with van der Waals surface area (Å²) in [5.41, 5.74) is 14.3. The third-order valence-corrected chi connectivity index (χ3v) is 11.0. The second kappa shape index (κ2) is 14.0. The predicted molar refractivity (Wildman–Crippen MR) is 241 cm³/mol. The Hall–Kier alpha value is -7.82. The predicted octanol–water partition coefficient (Wildman–Crippen LogP) is 15.8. The summed E-state index contributed by atoms with van der Waals surface area (Å²) in [6.45, 7) is 0. The van der Waals surface area contributed by atoms with Crippen LogP contribution in [0.25, 0.3) is 66.1 Å². The molecule has 0 amide bonds. The van der Waals surface area contributed by atoms with E-state index in [1.54, 1.807) is 0 Å². The zero-order chi connectivity index (χ0) is 38.4. The van der Waals surface area contributed by atoms with Gasteiger partial charge in [-0.1, -0.05) is 140 Å². The molecule has 0 unspecified atom stereocenters. The fraction of sp³-hybridized carbons (Fsp3) is 0. The maximum atomic E-state index is 6.54. The van der Waals surface area contributed by atoms with E-state index in [1.807, 2.05) is 24.3 Å². The maximum Gasteiger partial charge on any atom is 0.159 e. The van der Waals surface area contributed by atoms with Crippen LogP contribution in [0.15, 0.2) is 227 Å². The van der Waals surface area contributed by atoms with Crippen molar-refractivity contribution in [3.63, 3.8) is 0 Å². The molecule has 0 aliphatic carbocycles. The van der Waals surface area contributed by atoms with Gasteiger partial charge in [0, 0.05) is 44.3 Å². The highest BCUT2D eigenvalue weighted by Gasteiger charge is 2.21. The van der Waals surface area contributed by atoms with Crippen molar-refractivity contribution >= 4 is 78.0 Å². The van der Waals surface area contributed by atoms with Gasteiger partial charge in [-0.25, -0.2) is 0 Å². The number of hydrogen-bond donors (Lipinski definition) is 0. The number of fused-ring (bicyclic) bond motifs is 6.